The van der Waals surface area contributed by atoms with Crippen molar-refractivity contribution in [3.63, 3.8) is 0 Å². The number of hydrogen-bond donors (Lipinski definition) is 0. The highest BCUT2D eigenvalue weighted by atomic mass is 32.2. The zero-order valence-corrected chi connectivity index (χ0v) is 16.7. The van der Waals surface area contributed by atoms with E-state index in [0.29, 0.717) is 6.61 Å². The fraction of sp³-hybridized carbons (Fsp3) is 0.412. The third-order valence-electron chi connectivity index (χ3n) is 3.45. The lowest BCUT2D eigenvalue weighted by atomic mass is 10.2. The van der Waals surface area contributed by atoms with Crippen LogP contribution in [0.3, 0.4) is 0 Å². The van der Waals surface area contributed by atoms with E-state index in [1.807, 2.05) is 27.7 Å². The van der Waals surface area contributed by atoms with Gasteiger partial charge in [-0.05, 0) is 32.9 Å². The summed E-state index contributed by atoms with van der Waals surface area (Å²) in [6.07, 6.45) is 0. The lowest BCUT2D eigenvalue weighted by molar-refractivity contribution is -0.700. The summed E-state index contributed by atoms with van der Waals surface area (Å²) >= 11 is 1.50. The van der Waals surface area contributed by atoms with E-state index in [1.165, 1.54) is 23.5 Å². The molecule has 1 heterocycles. The highest BCUT2D eigenvalue weighted by molar-refractivity contribution is 7.85. The Morgan fingerprint density at radius 2 is 1.72 bits per heavy atom. The number of carbonyl (C=O) groups is 1. The first-order chi connectivity index (χ1) is 11.6. The van der Waals surface area contributed by atoms with Crippen molar-refractivity contribution in [1.29, 1.82) is 0 Å². The maximum Gasteiger partial charge on any atom is 0.355 e. The van der Waals surface area contributed by atoms with Crippen LogP contribution in [0, 0.1) is 20.8 Å². The molecule has 6 nitrogen and oxygen atoms in total. The van der Waals surface area contributed by atoms with Gasteiger partial charge in [0.05, 0.1) is 11.5 Å². The number of hydrogen-bond acceptors (Lipinski definition) is 6. The third kappa shape index (κ3) is 5.91. The van der Waals surface area contributed by atoms with E-state index in [4.69, 9.17) is 4.74 Å². The smallest absolute Gasteiger partial charge is 0.355 e. The van der Waals surface area contributed by atoms with Crippen LogP contribution in [-0.4, -0.2) is 25.5 Å². The summed E-state index contributed by atoms with van der Waals surface area (Å²) in [5, 5.41) is 1.15. The molecule has 0 fully saturated rings. The maximum absolute atomic E-state index is 11.5. The monoisotopic (exact) mass is 385 g/mol. The van der Waals surface area contributed by atoms with Gasteiger partial charge in [0.2, 0.25) is 10.7 Å². The van der Waals surface area contributed by atoms with Crippen LogP contribution in [-0.2, 0) is 21.4 Å². The van der Waals surface area contributed by atoms with E-state index < -0.39 is 10.1 Å². The van der Waals surface area contributed by atoms with Crippen molar-refractivity contribution in [2.75, 3.05) is 6.61 Å². The van der Waals surface area contributed by atoms with E-state index in [2.05, 4.69) is 11.5 Å². The second kappa shape index (κ2) is 9.07. The van der Waals surface area contributed by atoms with Crippen molar-refractivity contribution in [3.05, 3.63) is 45.4 Å². The predicted octanol–water partition coefficient (Wildman–Crippen LogP) is 2.75. The summed E-state index contributed by atoms with van der Waals surface area (Å²) in [6.45, 7) is 11.0. The Morgan fingerprint density at radius 3 is 2.12 bits per heavy atom. The van der Waals surface area contributed by atoms with E-state index in [9.17, 15) is 17.8 Å². The quantitative estimate of drug-likeness (QED) is 0.459. The average Bonchev–Trinajstić information content (AvgIpc) is 2.82. The molecule has 138 valence electrons. The molecule has 0 aliphatic heterocycles. The Bertz CT molecular complexity index is 823. The van der Waals surface area contributed by atoms with Gasteiger partial charge >= 0.3 is 5.97 Å². The van der Waals surface area contributed by atoms with Crippen molar-refractivity contribution >= 4 is 27.4 Å². The number of benzene rings is 1. The molecule has 25 heavy (non-hydrogen) atoms. The Labute approximate surface area is 152 Å². The molecule has 0 radical (unpaired) electrons. The molecule has 1 aromatic heterocycles. The molecule has 8 heteroatoms. The minimum atomic E-state index is -4.27. The molecule has 0 aliphatic carbocycles. The van der Waals surface area contributed by atoms with Gasteiger partial charge in [-0.3, -0.25) is 0 Å². The molecule has 0 atom stereocenters. The molecule has 2 aromatic rings. The van der Waals surface area contributed by atoms with E-state index in [1.54, 1.807) is 12.1 Å². The molecular formula is C17H23NO5S2. The Hall–Kier alpha value is -1.77. The molecule has 0 N–H and O–H groups in total. The van der Waals surface area contributed by atoms with Crippen molar-refractivity contribution < 1.29 is 27.1 Å². The molecule has 0 unspecified atom stereocenters. The first-order valence-electron chi connectivity index (χ1n) is 7.81. The zero-order chi connectivity index (χ0) is 19.2. The standard InChI is InChI=1S/C10H16NO2S.C7H8O3S/c1-5-11-7(3)9(14-8(11)4)10(12)13-6-2;1-6-2-4-7(5-3-6)11(8,9)10/h5-6H2,1-4H3;2-5H,1H3,(H,8,9,10)/q+1;/p-1. The van der Waals surface area contributed by atoms with Crippen LogP contribution in [0.5, 0.6) is 0 Å². The molecule has 0 bridgehead atoms. The van der Waals surface area contributed by atoms with Crippen molar-refractivity contribution in [1.82, 2.24) is 0 Å². The minimum Gasteiger partial charge on any atom is -0.744 e. The number of carbonyl (C=O) groups excluding carboxylic acids is 1. The normalized spacial score (nSPS) is 10.8. The van der Waals surface area contributed by atoms with Crippen LogP contribution < -0.4 is 4.57 Å². The van der Waals surface area contributed by atoms with Crippen molar-refractivity contribution in [3.8, 4) is 0 Å². The van der Waals surface area contributed by atoms with Crippen LogP contribution in [0.15, 0.2) is 29.2 Å². The second-order valence-corrected chi connectivity index (χ2v) is 7.85. The van der Waals surface area contributed by atoms with Crippen LogP contribution in [0.25, 0.3) is 0 Å². The Morgan fingerprint density at radius 1 is 1.16 bits per heavy atom. The van der Waals surface area contributed by atoms with Gasteiger partial charge in [0.15, 0.2) is 4.88 Å². The molecule has 2 rings (SSSR count). The number of aromatic nitrogens is 1. The van der Waals surface area contributed by atoms with E-state index in [-0.39, 0.29) is 10.9 Å². The van der Waals surface area contributed by atoms with E-state index >= 15 is 0 Å². The molecule has 0 spiro atoms. The Kier molecular flexibility index (Phi) is 7.72. The first-order valence-corrected chi connectivity index (χ1v) is 10.0. The summed E-state index contributed by atoms with van der Waals surface area (Å²) in [4.78, 5) is 12.1. The fourth-order valence-corrected chi connectivity index (χ4v) is 3.73. The third-order valence-corrected chi connectivity index (χ3v) is 5.48. The van der Waals surface area contributed by atoms with Gasteiger partial charge in [0.25, 0.3) is 0 Å². The summed E-state index contributed by atoms with van der Waals surface area (Å²) in [6, 6.07) is 5.78. The largest absolute Gasteiger partial charge is 0.744 e. The fourth-order valence-electron chi connectivity index (χ4n) is 2.19. The van der Waals surface area contributed by atoms with Gasteiger partial charge in [0.1, 0.15) is 16.7 Å². The van der Waals surface area contributed by atoms with Gasteiger partial charge in [0, 0.05) is 13.8 Å². The highest BCUT2D eigenvalue weighted by Gasteiger charge is 2.24. The first kappa shape index (κ1) is 21.3. The van der Waals surface area contributed by atoms with E-state index in [0.717, 1.165) is 27.7 Å². The lowest BCUT2D eigenvalue weighted by Gasteiger charge is -2.05. The van der Waals surface area contributed by atoms with Crippen LogP contribution >= 0.6 is 11.3 Å². The average molecular weight is 386 g/mol. The van der Waals surface area contributed by atoms with Crippen LogP contribution in [0.2, 0.25) is 0 Å². The maximum atomic E-state index is 11.5. The topological polar surface area (TPSA) is 87.4 Å². The van der Waals surface area contributed by atoms with Gasteiger partial charge in [-0.15, -0.1) is 0 Å². The van der Waals surface area contributed by atoms with Gasteiger partial charge < -0.3 is 9.29 Å². The van der Waals surface area contributed by atoms with Crippen molar-refractivity contribution in [2.45, 2.75) is 46.1 Å². The van der Waals surface area contributed by atoms with Crippen LogP contribution in [0.4, 0.5) is 0 Å². The molecule has 1 aromatic carbocycles. The summed E-state index contributed by atoms with van der Waals surface area (Å²) in [5.74, 6) is -0.203. The molecule has 0 saturated heterocycles. The highest BCUT2D eigenvalue weighted by Crippen LogP contribution is 2.16. The molecule has 0 saturated carbocycles. The number of nitrogens with zero attached hydrogens (tertiary/aromatic N) is 1. The minimum absolute atomic E-state index is 0.178. The molecule has 0 amide bonds. The summed E-state index contributed by atoms with van der Waals surface area (Å²) < 4.78 is 38.3. The predicted molar refractivity (Wildman–Crippen MR) is 94.8 cm³/mol. The second-order valence-electron chi connectivity index (χ2n) is 5.27. The van der Waals surface area contributed by atoms with Gasteiger partial charge in [-0.1, -0.05) is 29.0 Å². The zero-order valence-electron chi connectivity index (χ0n) is 15.0. The number of aryl methyl sites for hydroxylation is 2. The number of ether oxygens (including phenoxy) is 1. The number of rotatable bonds is 4. The number of esters is 1. The van der Waals surface area contributed by atoms with Crippen LogP contribution in [0.1, 0.15) is 39.8 Å². The SMILES string of the molecule is CCOC(=O)c1sc(C)[n+](CC)c1C.Cc1ccc(S(=O)(=O)[O-])cc1. The molecular weight excluding hydrogens is 362 g/mol. The number of thiazole rings is 1. The Balaban J connectivity index is 0.000000257. The summed E-state index contributed by atoms with van der Waals surface area (Å²) in [5.41, 5.74) is 1.94. The van der Waals surface area contributed by atoms with Gasteiger partial charge in [-0.25, -0.2) is 13.2 Å². The summed E-state index contributed by atoms with van der Waals surface area (Å²) in [7, 11) is -4.27. The van der Waals surface area contributed by atoms with Gasteiger partial charge in [-0.2, -0.15) is 4.57 Å². The lowest BCUT2D eigenvalue weighted by Crippen LogP contribution is -2.36. The molecule has 0 aliphatic rings. The van der Waals surface area contributed by atoms with Crippen molar-refractivity contribution in [2.24, 2.45) is 0 Å².